The highest BCUT2D eigenvalue weighted by atomic mass is 35.5. The van der Waals surface area contributed by atoms with E-state index in [1.165, 1.54) is 13.3 Å². The smallest absolute Gasteiger partial charge is 0.318 e. The van der Waals surface area contributed by atoms with Gasteiger partial charge >= 0.3 is 6.01 Å². The van der Waals surface area contributed by atoms with E-state index >= 15 is 0 Å². The average Bonchev–Trinajstić information content (AvgIpc) is 2.28. The van der Waals surface area contributed by atoms with Gasteiger partial charge in [-0.05, 0) is 6.42 Å². The Morgan fingerprint density at radius 1 is 1.62 bits per heavy atom. The highest BCUT2D eigenvalue weighted by Gasteiger charge is 2.07. The Morgan fingerprint density at radius 2 is 2.38 bits per heavy atom. The summed E-state index contributed by atoms with van der Waals surface area (Å²) in [7, 11) is 1.51. The predicted molar refractivity (Wildman–Crippen MR) is 65.0 cm³/mol. The number of hydrogen-bond acceptors (Lipinski definition) is 5. The summed E-state index contributed by atoms with van der Waals surface area (Å²) >= 11 is 5.93. The van der Waals surface area contributed by atoms with Crippen molar-refractivity contribution in [1.29, 1.82) is 0 Å². The Kier molecular flexibility index (Phi) is 5.28. The molecule has 1 atom stereocenters. The number of anilines is 1. The highest BCUT2D eigenvalue weighted by Crippen LogP contribution is 2.19. The van der Waals surface area contributed by atoms with Crippen LogP contribution in [-0.2, 0) is 0 Å². The molecule has 0 spiro atoms. The molecule has 3 N–H and O–H groups in total. The molecule has 0 aliphatic heterocycles. The molecule has 0 amide bonds. The number of ether oxygens (including phenoxy) is 1. The van der Waals surface area contributed by atoms with Gasteiger partial charge in [-0.1, -0.05) is 24.9 Å². The van der Waals surface area contributed by atoms with Crippen LogP contribution < -0.4 is 15.8 Å². The third-order valence-corrected chi connectivity index (χ3v) is 2.37. The lowest BCUT2D eigenvalue weighted by molar-refractivity contribution is 0.380. The van der Waals surface area contributed by atoms with Gasteiger partial charge in [0, 0.05) is 12.6 Å². The van der Waals surface area contributed by atoms with Crippen LogP contribution in [0.4, 0.5) is 5.82 Å². The highest BCUT2D eigenvalue weighted by molar-refractivity contribution is 6.32. The number of aromatic nitrogens is 2. The van der Waals surface area contributed by atoms with Gasteiger partial charge in [0.15, 0.2) is 5.82 Å². The molecule has 5 nitrogen and oxygen atoms in total. The molecule has 16 heavy (non-hydrogen) atoms. The maximum absolute atomic E-state index is 5.93. The third-order valence-electron chi connectivity index (χ3n) is 2.10. The molecule has 0 aliphatic carbocycles. The number of methoxy groups -OCH3 is 1. The van der Waals surface area contributed by atoms with E-state index in [1.807, 2.05) is 0 Å². The summed E-state index contributed by atoms with van der Waals surface area (Å²) in [6, 6.07) is 0.387. The fourth-order valence-corrected chi connectivity index (χ4v) is 1.43. The first-order valence-corrected chi connectivity index (χ1v) is 5.61. The molecule has 90 valence electrons. The quantitative estimate of drug-likeness (QED) is 0.797. The van der Waals surface area contributed by atoms with Crippen molar-refractivity contribution in [2.75, 3.05) is 19.0 Å². The van der Waals surface area contributed by atoms with Crippen LogP contribution in [0, 0.1) is 0 Å². The molecule has 0 radical (unpaired) electrons. The van der Waals surface area contributed by atoms with Crippen molar-refractivity contribution in [3.8, 4) is 6.01 Å². The Morgan fingerprint density at radius 3 is 3.00 bits per heavy atom. The van der Waals surface area contributed by atoms with Crippen LogP contribution in [0.5, 0.6) is 6.01 Å². The zero-order valence-corrected chi connectivity index (χ0v) is 10.3. The van der Waals surface area contributed by atoms with Crippen LogP contribution in [-0.4, -0.2) is 29.7 Å². The monoisotopic (exact) mass is 244 g/mol. The summed E-state index contributed by atoms with van der Waals surface area (Å²) in [4.78, 5) is 7.98. The topological polar surface area (TPSA) is 73.1 Å². The minimum atomic E-state index is 0.0991. The number of rotatable bonds is 6. The van der Waals surface area contributed by atoms with Crippen molar-refractivity contribution in [2.24, 2.45) is 5.73 Å². The Balaban J connectivity index is 2.58. The Hall–Kier alpha value is -1.07. The molecule has 6 heteroatoms. The van der Waals surface area contributed by atoms with Gasteiger partial charge in [0.05, 0.1) is 13.3 Å². The van der Waals surface area contributed by atoms with E-state index in [1.54, 1.807) is 0 Å². The lowest BCUT2D eigenvalue weighted by atomic mass is 10.2. The first-order valence-electron chi connectivity index (χ1n) is 5.23. The summed E-state index contributed by atoms with van der Waals surface area (Å²) in [6.45, 7) is 2.73. The van der Waals surface area contributed by atoms with Crippen molar-refractivity contribution >= 4 is 17.4 Å². The zero-order valence-electron chi connectivity index (χ0n) is 9.53. The molecule has 1 heterocycles. The lowest BCUT2D eigenvalue weighted by Crippen LogP contribution is -2.29. The fourth-order valence-electron chi connectivity index (χ4n) is 1.27. The fraction of sp³-hybridized carbons (Fsp3) is 0.600. The van der Waals surface area contributed by atoms with Crippen LogP contribution in [0.3, 0.4) is 0 Å². The summed E-state index contributed by atoms with van der Waals surface area (Å²) in [5.41, 5.74) is 5.87. The van der Waals surface area contributed by atoms with E-state index in [0.29, 0.717) is 17.4 Å². The zero-order chi connectivity index (χ0) is 12.0. The number of nitrogens with one attached hydrogen (secondary N) is 1. The van der Waals surface area contributed by atoms with E-state index in [2.05, 4.69) is 22.2 Å². The number of nitrogens with two attached hydrogens (primary N) is 1. The molecule has 1 rings (SSSR count). The number of hydrogen-bond donors (Lipinski definition) is 2. The molecule has 0 aromatic carbocycles. The van der Waals surface area contributed by atoms with Crippen molar-refractivity contribution in [2.45, 2.75) is 25.8 Å². The second-order valence-electron chi connectivity index (χ2n) is 3.48. The van der Waals surface area contributed by atoms with Crippen molar-refractivity contribution in [1.82, 2.24) is 9.97 Å². The van der Waals surface area contributed by atoms with E-state index in [0.717, 1.165) is 12.8 Å². The molecule has 1 aromatic heterocycles. The van der Waals surface area contributed by atoms with Crippen LogP contribution >= 0.6 is 11.6 Å². The van der Waals surface area contributed by atoms with Gasteiger partial charge in [-0.25, -0.2) is 4.98 Å². The SMILES string of the molecule is CCCC(N)CNc1nc(OC)ncc1Cl. The van der Waals surface area contributed by atoms with Crippen molar-refractivity contribution < 1.29 is 4.74 Å². The summed E-state index contributed by atoms with van der Waals surface area (Å²) < 4.78 is 4.91. The minimum absolute atomic E-state index is 0.0991. The average molecular weight is 245 g/mol. The first-order chi connectivity index (χ1) is 7.67. The van der Waals surface area contributed by atoms with Gasteiger partial charge in [-0.15, -0.1) is 0 Å². The second kappa shape index (κ2) is 6.50. The Bertz CT molecular complexity index is 335. The maximum atomic E-state index is 5.93. The van der Waals surface area contributed by atoms with Gasteiger partial charge in [-0.3, -0.25) is 0 Å². The van der Waals surface area contributed by atoms with E-state index in [4.69, 9.17) is 22.1 Å². The number of nitrogens with zero attached hydrogens (tertiary/aromatic N) is 2. The Labute approximate surface area is 100 Å². The third kappa shape index (κ3) is 3.83. The van der Waals surface area contributed by atoms with Crippen molar-refractivity contribution in [3.63, 3.8) is 0 Å². The van der Waals surface area contributed by atoms with Crippen molar-refractivity contribution in [3.05, 3.63) is 11.2 Å². The second-order valence-corrected chi connectivity index (χ2v) is 3.89. The summed E-state index contributed by atoms with van der Waals surface area (Å²) in [5, 5.41) is 3.55. The minimum Gasteiger partial charge on any atom is -0.467 e. The van der Waals surface area contributed by atoms with Gasteiger partial charge < -0.3 is 15.8 Å². The molecule has 0 fully saturated rings. The molecule has 0 saturated heterocycles. The molecule has 1 unspecified atom stereocenters. The normalized spacial score (nSPS) is 12.2. The van der Waals surface area contributed by atoms with Gasteiger partial charge in [-0.2, -0.15) is 4.98 Å². The van der Waals surface area contributed by atoms with E-state index < -0.39 is 0 Å². The standard InChI is InChI=1S/C10H17ClN4O/c1-3-4-7(12)5-13-9-8(11)6-14-10(15-9)16-2/h6-7H,3-5,12H2,1-2H3,(H,13,14,15). The van der Waals surface area contributed by atoms with Gasteiger partial charge in [0.1, 0.15) is 5.02 Å². The molecular formula is C10H17ClN4O. The van der Waals surface area contributed by atoms with Crippen LogP contribution in [0.2, 0.25) is 5.02 Å². The van der Waals surface area contributed by atoms with Crippen LogP contribution in [0.25, 0.3) is 0 Å². The van der Waals surface area contributed by atoms with Gasteiger partial charge in [0.2, 0.25) is 0 Å². The maximum Gasteiger partial charge on any atom is 0.318 e. The molecular weight excluding hydrogens is 228 g/mol. The van der Waals surface area contributed by atoms with E-state index in [-0.39, 0.29) is 12.1 Å². The van der Waals surface area contributed by atoms with Crippen LogP contribution in [0.1, 0.15) is 19.8 Å². The molecule has 1 aromatic rings. The van der Waals surface area contributed by atoms with Gasteiger partial charge in [0.25, 0.3) is 0 Å². The molecule has 0 aliphatic rings. The molecule has 0 bridgehead atoms. The van der Waals surface area contributed by atoms with Crippen LogP contribution in [0.15, 0.2) is 6.20 Å². The summed E-state index contributed by atoms with van der Waals surface area (Å²) in [6.07, 6.45) is 3.53. The summed E-state index contributed by atoms with van der Waals surface area (Å²) in [5.74, 6) is 0.556. The largest absolute Gasteiger partial charge is 0.467 e. The van der Waals surface area contributed by atoms with E-state index in [9.17, 15) is 0 Å². The lowest BCUT2D eigenvalue weighted by Gasteiger charge is -2.13. The predicted octanol–water partition coefficient (Wildman–Crippen LogP) is 1.68. The number of halogens is 1. The molecule has 0 saturated carbocycles. The first kappa shape index (κ1) is 13.0.